The predicted octanol–water partition coefficient (Wildman–Crippen LogP) is 5.64. The van der Waals surface area contributed by atoms with E-state index in [4.69, 9.17) is 4.74 Å². The van der Waals surface area contributed by atoms with Gasteiger partial charge in [-0.15, -0.1) is 5.10 Å². The number of anilines is 3. The molecule has 0 aliphatic carbocycles. The fourth-order valence-electron chi connectivity index (χ4n) is 8.19. The fraction of sp³-hybridized carbons (Fsp3) is 0.405. The third-order valence-corrected chi connectivity index (χ3v) is 12.9. The van der Waals surface area contributed by atoms with E-state index in [9.17, 15) is 14.7 Å². The van der Waals surface area contributed by atoms with Crippen molar-refractivity contribution >= 4 is 37.3 Å². The Morgan fingerprint density at radius 1 is 1.14 bits per heavy atom. The number of aryl methyl sites for hydroxylation is 1. The number of carbonyl (C=O) groups excluding carboxylic acids is 2. The van der Waals surface area contributed by atoms with Gasteiger partial charge in [0.15, 0.2) is 5.60 Å². The number of aliphatic hydroxyl groups excluding tert-OH is 1. The Balaban J connectivity index is 1.22. The largest absolute Gasteiger partial charge is 0.395 e. The topological polar surface area (TPSA) is 122 Å². The van der Waals surface area contributed by atoms with Crippen LogP contribution in [-0.4, -0.2) is 65.6 Å². The number of amides is 2. The lowest BCUT2D eigenvalue weighted by Crippen LogP contribution is -2.44. The van der Waals surface area contributed by atoms with E-state index in [1.165, 1.54) is 0 Å². The number of nitrogens with one attached hydrogen (secondary N) is 2. The monoisotopic (exact) mass is 682 g/mol. The Morgan fingerprint density at radius 2 is 1.88 bits per heavy atom. The Bertz CT molecular complexity index is 1810. The highest BCUT2D eigenvalue weighted by Gasteiger charge is 2.67. The van der Waals surface area contributed by atoms with Gasteiger partial charge in [0.25, 0.3) is 5.91 Å². The highest BCUT2D eigenvalue weighted by atomic mass is 28.4. The van der Waals surface area contributed by atoms with Crippen LogP contribution in [0.25, 0.3) is 0 Å². The third kappa shape index (κ3) is 6.00. The van der Waals surface area contributed by atoms with Crippen molar-refractivity contribution in [2.45, 2.75) is 75.0 Å². The first-order valence-corrected chi connectivity index (χ1v) is 20.1. The molecular formula is C37H43FN6O4Si. The highest BCUT2D eigenvalue weighted by Crippen LogP contribution is 2.61. The van der Waals surface area contributed by atoms with Crippen LogP contribution in [0.5, 0.6) is 0 Å². The van der Waals surface area contributed by atoms with E-state index >= 15 is 4.11 Å². The smallest absolute Gasteiger partial charge is 0.268 e. The molecular weight excluding hydrogens is 640 g/mol. The zero-order chi connectivity index (χ0) is 34.3. The summed E-state index contributed by atoms with van der Waals surface area (Å²) in [6.07, 6.45) is 3.35. The minimum absolute atomic E-state index is 0.114. The minimum Gasteiger partial charge on any atom is -0.395 e. The molecule has 2 saturated heterocycles. The lowest BCUT2D eigenvalue weighted by molar-refractivity contribution is -0.145. The predicted molar refractivity (Wildman–Crippen MR) is 188 cm³/mol. The standard InChI is InChI=1S/C37H43FN6O4Si/c1-24-34(49(2,3)38)33(18-20-43-22-31(41-42-43)28(23-45)25-11-6-4-7-12-25)48-37(24)29-21-26(40-35(46)30-15-10-19-39-30)16-17-32(29)44(36(37)47)27-13-8-5-9-14-27/h4-9,11-14,16-17,21-22,24,28,30,33-34,39,45H,10,15,18-20,23H2,1-3H3,(H,40,46)/t24-,28?,30-,33+,34-,37+/m1/s1. The van der Waals surface area contributed by atoms with Crippen LogP contribution in [0, 0.1) is 5.92 Å². The van der Waals surface area contributed by atoms with Gasteiger partial charge in [-0.3, -0.25) is 19.2 Å². The first-order valence-electron chi connectivity index (χ1n) is 17.1. The molecule has 2 amide bonds. The Labute approximate surface area is 286 Å². The summed E-state index contributed by atoms with van der Waals surface area (Å²) >= 11 is 0. The van der Waals surface area contributed by atoms with Crippen LogP contribution in [0.4, 0.5) is 21.2 Å². The number of nitrogens with zero attached hydrogens (tertiary/aromatic N) is 4. The van der Waals surface area contributed by atoms with Crippen molar-refractivity contribution in [3.05, 3.63) is 102 Å². The van der Waals surface area contributed by atoms with E-state index in [-0.39, 0.29) is 30.4 Å². The number of benzene rings is 3. The second kappa shape index (κ2) is 13.2. The Hall–Kier alpha value is -4.23. The van der Waals surface area contributed by atoms with Crippen molar-refractivity contribution in [1.29, 1.82) is 0 Å². The summed E-state index contributed by atoms with van der Waals surface area (Å²) in [7, 11) is -3.41. The maximum absolute atomic E-state index is 16.5. The average molecular weight is 683 g/mol. The molecule has 3 N–H and O–H groups in total. The molecule has 1 aromatic heterocycles. The van der Waals surface area contributed by atoms with Crippen molar-refractivity contribution in [2.24, 2.45) is 5.92 Å². The van der Waals surface area contributed by atoms with Crippen LogP contribution in [0.15, 0.2) is 85.1 Å². The van der Waals surface area contributed by atoms with Crippen molar-refractivity contribution in [3.63, 3.8) is 0 Å². The highest BCUT2D eigenvalue weighted by molar-refractivity contribution is 6.72. The summed E-state index contributed by atoms with van der Waals surface area (Å²) in [5, 5.41) is 25.1. The molecule has 0 radical (unpaired) electrons. The van der Waals surface area contributed by atoms with Crippen molar-refractivity contribution in [2.75, 3.05) is 23.4 Å². The van der Waals surface area contributed by atoms with E-state index in [1.807, 2.05) is 92.0 Å². The van der Waals surface area contributed by atoms with Crippen LogP contribution in [0.2, 0.25) is 18.6 Å². The number of aromatic nitrogens is 3. The summed E-state index contributed by atoms with van der Waals surface area (Å²) in [5.74, 6) is -1.19. The number of hydrogen-bond donors (Lipinski definition) is 3. The number of rotatable bonds is 10. The number of aliphatic hydroxyl groups is 1. The van der Waals surface area contributed by atoms with Gasteiger partial charge in [0, 0.05) is 41.1 Å². The van der Waals surface area contributed by atoms with Crippen LogP contribution < -0.4 is 15.5 Å². The van der Waals surface area contributed by atoms with E-state index in [0.29, 0.717) is 41.3 Å². The average Bonchev–Trinajstić information content (AvgIpc) is 3.89. The third-order valence-electron chi connectivity index (χ3n) is 10.5. The number of halogens is 1. The lowest BCUT2D eigenvalue weighted by atomic mass is 9.82. The van der Waals surface area contributed by atoms with Gasteiger partial charge in [0.2, 0.25) is 14.3 Å². The van der Waals surface area contributed by atoms with Gasteiger partial charge in [0.05, 0.1) is 36.1 Å². The number of ether oxygens (including phenoxy) is 1. The molecule has 2 fully saturated rings. The molecule has 12 heteroatoms. The summed E-state index contributed by atoms with van der Waals surface area (Å²) in [5.41, 5.74) is 2.18. The molecule has 7 rings (SSSR count). The Morgan fingerprint density at radius 3 is 2.55 bits per heavy atom. The summed E-state index contributed by atoms with van der Waals surface area (Å²) in [6.45, 7) is 6.38. The van der Waals surface area contributed by atoms with E-state index < -0.39 is 31.6 Å². The molecule has 0 bridgehead atoms. The van der Waals surface area contributed by atoms with Gasteiger partial charge in [-0.1, -0.05) is 60.7 Å². The molecule has 6 atom stereocenters. The zero-order valence-electron chi connectivity index (χ0n) is 28.1. The molecule has 256 valence electrons. The molecule has 10 nitrogen and oxygen atoms in total. The van der Waals surface area contributed by atoms with Crippen LogP contribution in [-0.2, 0) is 26.5 Å². The van der Waals surface area contributed by atoms with E-state index in [0.717, 1.165) is 24.9 Å². The quantitative estimate of drug-likeness (QED) is 0.146. The molecule has 1 unspecified atom stereocenters. The van der Waals surface area contributed by atoms with E-state index in [2.05, 4.69) is 20.9 Å². The number of fused-ring (bicyclic) bond motifs is 2. The summed E-state index contributed by atoms with van der Waals surface area (Å²) in [6, 6.07) is 24.3. The Kier molecular flexibility index (Phi) is 8.99. The van der Waals surface area contributed by atoms with Gasteiger partial charge in [-0.05, 0) is 74.8 Å². The molecule has 49 heavy (non-hydrogen) atoms. The van der Waals surface area contributed by atoms with Crippen LogP contribution in [0.3, 0.4) is 0 Å². The first-order chi connectivity index (χ1) is 23.6. The molecule has 1 spiro atoms. The van der Waals surface area contributed by atoms with Gasteiger partial charge in [0.1, 0.15) is 0 Å². The molecule has 4 heterocycles. The maximum Gasteiger partial charge on any atom is 0.268 e. The lowest BCUT2D eigenvalue weighted by Gasteiger charge is -2.31. The van der Waals surface area contributed by atoms with Crippen molar-refractivity contribution < 1.29 is 23.5 Å². The zero-order valence-corrected chi connectivity index (χ0v) is 29.1. The van der Waals surface area contributed by atoms with Crippen LogP contribution in [0.1, 0.15) is 48.9 Å². The molecule has 3 aromatic carbocycles. The SMILES string of the molecule is C[C@@H]1[C@@H]([Si](C)(C)F)[C@H](CCn2cc(C(CO)c3ccccc3)nn2)O[C@@]12C(=O)N(c1ccccc1)c1ccc(NC(=O)[C@H]3CCCN3)cc12. The number of carbonyl (C=O) groups is 2. The van der Waals surface area contributed by atoms with Crippen LogP contribution >= 0.6 is 0 Å². The number of hydrogen-bond acceptors (Lipinski definition) is 7. The van der Waals surface area contributed by atoms with Crippen molar-refractivity contribution in [3.8, 4) is 0 Å². The summed E-state index contributed by atoms with van der Waals surface area (Å²) in [4.78, 5) is 29.6. The van der Waals surface area contributed by atoms with Gasteiger partial charge >= 0.3 is 0 Å². The maximum atomic E-state index is 16.5. The fourth-order valence-corrected chi connectivity index (χ4v) is 10.7. The molecule has 3 aliphatic heterocycles. The van der Waals surface area contributed by atoms with Gasteiger partial charge < -0.3 is 24.6 Å². The second-order valence-corrected chi connectivity index (χ2v) is 17.8. The minimum atomic E-state index is -3.41. The summed E-state index contributed by atoms with van der Waals surface area (Å²) < 4.78 is 25.1. The van der Waals surface area contributed by atoms with E-state index in [1.54, 1.807) is 22.7 Å². The van der Waals surface area contributed by atoms with Crippen molar-refractivity contribution in [1.82, 2.24) is 20.3 Å². The molecule has 4 aromatic rings. The van der Waals surface area contributed by atoms with Gasteiger partial charge in [-0.25, -0.2) is 0 Å². The first kappa shape index (κ1) is 33.3. The number of para-hydroxylation sites is 1. The molecule has 3 aliphatic rings. The normalized spacial score (nSPS) is 25.6. The van der Waals surface area contributed by atoms with Gasteiger partial charge in [-0.2, -0.15) is 0 Å². The molecule has 0 saturated carbocycles. The second-order valence-electron chi connectivity index (χ2n) is 14.0.